The van der Waals surface area contributed by atoms with Gasteiger partial charge in [0.15, 0.2) is 0 Å². The van der Waals surface area contributed by atoms with Gasteiger partial charge in [-0.2, -0.15) is 0 Å². The van der Waals surface area contributed by atoms with Gasteiger partial charge in [0.2, 0.25) is 0 Å². The molecule has 0 aliphatic heterocycles. The summed E-state index contributed by atoms with van der Waals surface area (Å²) >= 11 is 0. The molecule has 0 unspecified atom stereocenters. The maximum atomic E-state index is 5.85. The van der Waals surface area contributed by atoms with Gasteiger partial charge in [-0.3, -0.25) is 0 Å². The fraction of sp³-hybridized carbons (Fsp3) is 0.571. The van der Waals surface area contributed by atoms with E-state index in [0.717, 1.165) is 36.5 Å². The number of ether oxygens (including phenoxy) is 2. The monoisotopic (exact) mass is 237 g/mol. The smallest absolute Gasteiger partial charge is 0.127 e. The van der Waals surface area contributed by atoms with Crippen LogP contribution in [-0.4, -0.2) is 13.7 Å². The van der Waals surface area contributed by atoms with Crippen molar-refractivity contribution in [2.45, 2.75) is 33.2 Å². The summed E-state index contributed by atoms with van der Waals surface area (Å²) < 4.78 is 11.0. The van der Waals surface area contributed by atoms with E-state index in [-0.39, 0.29) is 0 Å². The molecule has 17 heavy (non-hydrogen) atoms. The molecule has 0 aromatic heterocycles. The SMILES string of the molecule is CCC(CC)COc1cc(OC)ccc1CN. The third-order valence-corrected chi connectivity index (χ3v) is 3.12. The molecular formula is C14H23NO2. The Hall–Kier alpha value is -1.22. The Morgan fingerprint density at radius 3 is 2.47 bits per heavy atom. The summed E-state index contributed by atoms with van der Waals surface area (Å²) in [6, 6.07) is 5.78. The predicted octanol–water partition coefficient (Wildman–Crippen LogP) is 2.97. The molecule has 0 atom stereocenters. The average molecular weight is 237 g/mol. The highest BCUT2D eigenvalue weighted by molar-refractivity contribution is 5.40. The fourth-order valence-electron chi connectivity index (χ4n) is 1.70. The van der Waals surface area contributed by atoms with Gasteiger partial charge in [0.1, 0.15) is 11.5 Å². The Morgan fingerprint density at radius 1 is 1.24 bits per heavy atom. The Morgan fingerprint density at radius 2 is 1.94 bits per heavy atom. The van der Waals surface area contributed by atoms with Crippen molar-refractivity contribution in [2.24, 2.45) is 11.7 Å². The molecule has 1 rings (SSSR count). The van der Waals surface area contributed by atoms with Crippen LogP contribution in [0.25, 0.3) is 0 Å². The number of methoxy groups -OCH3 is 1. The first kappa shape index (κ1) is 13.8. The van der Waals surface area contributed by atoms with Crippen molar-refractivity contribution < 1.29 is 9.47 Å². The molecule has 1 aromatic carbocycles. The van der Waals surface area contributed by atoms with Crippen LogP contribution in [0.15, 0.2) is 18.2 Å². The van der Waals surface area contributed by atoms with E-state index in [4.69, 9.17) is 15.2 Å². The minimum absolute atomic E-state index is 0.488. The molecule has 0 fully saturated rings. The second-order valence-electron chi connectivity index (χ2n) is 4.17. The summed E-state index contributed by atoms with van der Waals surface area (Å²) in [5.41, 5.74) is 6.72. The summed E-state index contributed by atoms with van der Waals surface area (Å²) in [6.45, 7) is 5.61. The van der Waals surface area contributed by atoms with E-state index >= 15 is 0 Å². The molecule has 2 N–H and O–H groups in total. The van der Waals surface area contributed by atoms with Gasteiger partial charge in [-0.05, 0) is 12.0 Å². The van der Waals surface area contributed by atoms with Crippen LogP contribution in [0.2, 0.25) is 0 Å². The van der Waals surface area contributed by atoms with Gasteiger partial charge in [-0.25, -0.2) is 0 Å². The molecule has 0 heterocycles. The Balaban J connectivity index is 2.73. The van der Waals surface area contributed by atoms with Gasteiger partial charge in [0.05, 0.1) is 13.7 Å². The second-order valence-corrected chi connectivity index (χ2v) is 4.17. The van der Waals surface area contributed by atoms with Crippen LogP contribution in [-0.2, 0) is 6.54 Å². The van der Waals surface area contributed by atoms with Crippen molar-refractivity contribution in [3.63, 3.8) is 0 Å². The van der Waals surface area contributed by atoms with Gasteiger partial charge in [-0.1, -0.05) is 32.8 Å². The van der Waals surface area contributed by atoms with Crippen LogP contribution in [0.4, 0.5) is 0 Å². The quantitative estimate of drug-likeness (QED) is 0.793. The van der Waals surface area contributed by atoms with E-state index in [1.807, 2.05) is 18.2 Å². The molecule has 0 radical (unpaired) electrons. The summed E-state index contributed by atoms with van der Waals surface area (Å²) in [7, 11) is 1.65. The summed E-state index contributed by atoms with van der Waals surface area (Å²) in [4.78, 5) is 0. The van der Waals surface area contributed by atoms with Crippen molar-refractivity contribution in [1.82, 2.24) is 0 Å². The Bertz CT molecular complexity index is 335. The zero-order valence-corrected chi connectivity index (χ0v) is 11.0. The lowest BCUT2D eigenvalue weighted by molar-refractivity contribution is 0.237. The molecule has 0 spiro atoms. The molecule has 3 nitrogen and oxygen atoms in total. The highest BCUT2D eigenvalue weighted by Crippen LogP contribution is 2.25. The normalized spacial score (nSPS) is 10.6. The van der Waals surface area contributed by atoms with Gasteiger partial charge in [-0.15, -0.1) is 0 Å². The molecule has 3 heteroatoms. The standard InChI is InChI=1S/C14H23NO2/c1-4-11(5-2)10-17-14-8-13(16-3)7-6-12(14)9-15/h6-8,11H,4-5,9-10,15H2,1-3H3. The highest BCUT2D eigenvalue weighted by Gasteiger charge is 2.08. The lowest BCUT2D eigenvalue weighted by Gasteiger charge is -2.16. The third kappa shape index (κ3) is 3.93. The van der Waals surface area contributed by atoms with E-state index in [1.54, 1.807) is 7.11 Å². The number of benzene rings is 1. The maximum absolute atomic E-state index is 5.85. The summed E-state index contributed by atoms with van der Waals surface area (Å²) in [5.74, 6) is 2.26. The Kier molecular flexibility index (Phi) is 5.84. The zero-order valence-electron chi connectivity index (χ0n) is 11.0. The number of hydrogen-bond acceptors (Lipinski definition) is 3. The van der Waals surface area contributed by atoms with Gasteiger partial charge < -0.3 is 15.2 Å². The molecule has 96 valence electrons. The van der Waals surface area contributed by atoms with E-state index in [9.17, 15) is 0 Å². The summed E-state index contributed by atoms with van der Waals surface area (Å²) in [6.07, 6.45) is 2.27. The molecule has 0 amide bonds. The predicted molar refractivity (Wildman–Crippen MR) is 70.5 cm³/mol. The van der Waals surface area contributed by atoms with Gasteiger partial charge >= 0.3 is 0 Å². The topological polar surface area (TPSA) is 44.5 Å². The molecular weight excluding hydrogens is 214 g/mol. The second kappa shape index (κ2) is 7.17. The van der Waals surface area contributed by atoms with Crippen molar-refractivity contribution in [1.29, 1.82) is 0 Å². The van der Waals surface area contributed by atoms with E-state index < -0.39 is 0 Å². The minimum Gasteiger partial charge on any atom is -0.497 e. The molecule has 0 aliphatic carbocycles. The van der Waals surface area contributed by atoms with Gasteiger partial charge in [0.25, 0.3) is 0 Å². The number of hydrogen-bond donors (Lipinski definition) is 1. The number of nitrogens with two attached hydrogens (primary N) is 1. The van der Waals surface area contributed by atoms with Crippen molar-refractivity contribution in [3.05, 3.63) is 23.8 Å². The van der Waals surface area contributed by atoms with Crippen molar-refractivity contribution in [3.8, 4) is 11.5 Å². The molecule has 0 bridgehead atoms. The largest absolute Gasteiger partial charge is 0.497 e. The van der Waals surface area contributed by atoms with Crippen LogP contribution < -0.4 is 15.2 Å². The minimum atomic E-state index is 0.488. The Labute approximate surface area is 104 Å². The summed E-state index contributed by atoms with van der Waals surface area (Å²) in [5, 5.41) is 0. The van der Waals surface area contributed by atoms with E-state index in [0.29, 0.717) is 12.5 Å². The molecule has 0 saturated heterocycles. The van der Waals surface area contributed by atoms with E-state index in [1.165, 1.54) is 0 Å². The van der Waals surface area contributed by atoms with Crippen molar-refractivity contribution >= 4 is 0 Å². The van der Waals surface area contributed by atoms with Crippen LogP contribution in [0.1, 0.15) is 32.3 Å². The zero-order chi connectivity index (χ0) is 12.7. The van der Waals surface area contributed by atoms with E-state index in [2.05, 4.69) is 13.8 Å². The van der Waals surface area contributed by atoms with Gasteiger partial charge in [0, 0.05) is 18.2 Å². The lowest BCUT2D eigenvalue weighted by Crippen LogP contribution is -2.12. The molecule has 1 aromatic rings. The van der Waals surface area contributed by atoms with Crippen LogP contribution in [0.3, 0.4) is 0 Å². The number of rotatable bonds is 7. The molecule has 0 saturated carbocycles. The average Bonchev–Trinajstić information content (AvgIpc) is 2.39. The maximum Gasteiger partial charge on any atom is 0.127 e. The lowest BCUT2D eigenvalue weighted by atomic mass is 10.1. The first-order chi connectivity index (χ1) is 8.24. The first-order valence-electron chi connectivity index (χ1n) is 6.24. The van der Waals surface area contributed by atoms with Crippen molar-refractivity contribution in [2.75, 3.05) is 13.7 Å². The highest BCUT2D eigenvalue weighted by atomic mass is 16.5. The third-order valence-electron chi connectivity index (χ3n) is 3.12. The molecule has 0 aliphatic rings. The van der Waals surface area contributed by atoms with Crippen LogP contribution in [0.5, 0.6) is 11.5 Å². The van der Waals surface area contributed by atoms with Crippen LogP contribution >= 0.6 is 0 Å². The fourth-order valence-corrected chi connectivity index (χ4v) is 1.70. The first-order valence-corrected chi connectivity index (χ1v) is 6.24. The van der Waals surface area contributed by atoms with Crippen LogP contribution in [0, 0.1) is 5.92 Å².